The van der Waals surface area contributed by atoms with Crippen molar-refractivity contribution in [3.8, 4) is 0 Å². The number of benzene rings is 1. The van der Waals surface area contributed by atoms with E-state index in [4.69, 9.17) is 11.6 Å². The first kappa shape index (κ1) is 18.0. The molecule has 0 amide bonds. The number of alkyl halides is 3. The van der Waals surface area contributed by atoms with E-state index in [0.29, 0.717) is 35.7 Å². The van der Waals surface area contributed by atoms with Gasteiger partial charge in [0.2, 0.25) is 0 Å². The Balaban J connectivity index is 0.00000200. The zero-order chi connectivity index (χ0) is 14.0. The normalized spacial score (nSPS) is 18.4. The summed E-state index contributed by atoms with van der Waals surface area (Å²) in [5, 5.41) is 3.36. The van der Waals surface area contributed by atoms with Crippen LogP contribution in [0.3, 0.4) is 0 Å². The van der Waals surface area contributed by atoms with E-state index in [0.717, 1.165) is 0 Å². The predicted molar refractivity (Wildman–Crippen MR) is 79.6 cm³/mol. The molecule has 0 spiro atoms. The van der Waals surface area contributed by atoms with Gasteiger partial charge in [0.05, 0.1) is 0 Å². The third kappa shape index (κ3) is 4.24. The van der Waals surface area contributed by atoms with Crippen molar-refractivity contribution in [3.05, 3.63) is 33.3 Å². The molecular weight excluding hydrogens is 380 g/mol. The molecule has 8 heteroatoms. The lowest BCUT2D eigenvalue weighted by molar-refractivity contribution is -0.188. The first-order valence-corrected chi connectivity index (χ1v) is 7.03. The van der Waals surface area contributed by atoms with E-state index in [2.05, 4.69) is 21.2 Å². The third-order valence-electron chi connectivity index (χ3n) is 3.08. The number of halogens is 6. The number of nitrogens with zero attached hydrogens (tertiary/aromatic N) is 1. The largest absolute Gasteiger partial charge is 0.408 e. The van der Waals surface area contributed by atoms with Crippen LogP contribution in [-0.2, 0) is 0 Å². The zero-order valence-corrected chi connectivity index (χ0v) is 13.5. The Kier molecular flexibility index (Phi) is 6.60. The smallest absolute Gasteiger partial charge is 0.314 e. The third-order valence-corrected chi connectivity index (χ3v) is 4.04. The summed E-state index contributed by atoms with van der Waals surface area (Å²) in [5.41, 5.74) is 0.168. The summed E-state index contributed by atoms with van der Waals surface area (Å²) >= 11 is 9.02. The molecule has 114 valence electrons. The number of nitrogens with one attached hydrogen (secondary N) is 1. The van der Waals surface area contributed by atoms with Gasteiger partial charge in [0, 0.05) is 35.7 Å². The van der Waals surface area contributed by atoms with Gasteiger partial charge in [0.25, 0.3) is 0 Å². The standard InChI is InChI=1S/C12H13BrClF3N2.ClH/c13-10-2-1-8(14)7-9(10)11(12(15,16)17)19-5-3-18-4-6-19;/h1-2,7,11,18H,3-6H2;1H/t11-;/m0./s1. The lowest BCUT2D eigenvalue weighted by atomic mass is 10.0. The Bertz CT molecular complexity index is 451. The van der Waals surface area contributed by atoms with Gasteiger partial charge in [0.1, 0.15) is 6.04 Å². The molecule has 1 aromatic rings. The molecule has 2 rings (SSSR count). The summed E-state index contributed by atoms with van der Waals surface area (Å²) in [7, 11) is 0. The molecule has 1 aliphatic rings. The van der Waals surface area contributed by atoms with Crippen LogP contribution in [0.1, 0.15) is 11.6 Å². The molecular formula is C12H14BrCl2F3N2. The van der Waals surface area contributed by atoms with Gasteiger partial charge in [0.15, 0.2) is 0 Å². The molecule has 0 saturated carbocycles. The highest BCUT2D eigenvalue weighted by Crippen LogP contribution is 2.41. The monoisotopic (exact) mass is 392 g/mol. The topological polar surface area (TPSA) is 15.3 Å². The van der Waals surface area contributed by atoms with Crippen molar-refractivity contribution >= 4 is 39.9 Å². The minimum Gasteiger partial charge on any atom is -0.314 e. The first-order valence-electron chi connectivity index (χ1n) is 5.86. The molecule has 1 aliphatic heterocycles. The highest BCUT2D eigenvalue weighted by atomic mass is 79.9. The van der Waals surface area contributed by atoms with E-state index in [9.17, 15) is 13.2 Å². The Hall–Kier alpha value is -0.0100. The average Bonchev–Trinajstić information content (AvgIpc) is 2.33. The molecule has 1 saturated heterocycles. The second kappa shape index (κ2) is 7.31. The van der Waals surface area contributed by atoms with E-state index in [1.165, 1.54) is 11.0 Å². The molecule has 0 radical (unpaired) electrons. The SMILES string of the molecule is Cl.FC(F)(F)[C@H](c1cc(Cl)ccc1Br)N1CCNCC1. The van der Waals surface area contributed by atoms with Gasteiger partial charge in [-0.1, -0.05) is 27.5 Å². The van der Waals surface area contributed by atoms with Gasteiger partial charge >= 0.3 is 6.18 Å². The lowest BCUT2D eigenvalue weighted by Crippen LogP contribution is -2.49. The number of rotatable bonds is 2. The Morgan fingerprint density at radius 1 is 1.25 bits per heavy atom. The van der Waals surface area contributed by atoms with Gasteiger partial charge < -0.3 is 5.32 Å². The molecule has 2 nitrogen and oxygen atoms in total. The summed E-state index contributed by atoms with van der Waals surface area (Å²) in [6.07, 6.45) is -4.33. The maximum Gasteiger partial charge on any atom is 0.408 e. The second-order valence-electron chi connectivity index (χ2n) is 4.40. The van der Waals surface area contributed by atoms with E-state index in [-0.39, 0.29) is 18.0 Å². The predicted octanol–water partition coefficient (Wildman–Crippen LogP) is 4.03. The zero-order valence-electron chi connectivity index (χ0n) is 10.4. The Morgan fingerprint density at radius 2 is 1.85 bits per heavy atom. The van der Waals surface area contributed by atoms with Crippen LogP contribution in [0.4, 0.5) is 13.2 Å². The van der Waals surface area contributed by atoms with Crippen LogP contribution in [0, 0.1) is 0 Å². The minimum absolute atomic E-state index is 0. The Morgan fingerprint density at radius 3 is 2.40 bits per heavy atom. The van der Waals surface area contributed by atoms with E-state index in [1.54, 1.807) is 12.1 Å². The summed E-state index contributed by atoms with van der Waals surface area (Å²) < 4.78 is 40.6. The van der Waals surface area contributed by atoms with E-state index < -0.39 is 12.2 Å². The van der Waals surface area contributed by atoms with Crippen LogP contribution in [0.25, 0.3) is 0 Å². The summed E-state index contributed by atoms with van der Waals surface area (Å²) in [6, 6.07) is 2.88. The van der Waals surface area contributed by atoms with Crippen molar-refractivity contribution in [2.75, 3.05) is 26.2 Å². The molecule has 1 N–H and O–H groups in total. The average molecular weight is 394 g/mol. The van der Waals surface area contributed by atoms with Crippen LogP contribution in [0.15, 0.2) is 22.7 Å². The summed E-state index contributed by atoms with van der Waals surface area (Å²) in [5.74, 6) is 0. The molecule has 20 heavy (non-hydrogen) atoms. The molecule has 0 aliphatic carbocycles. The molecule has 1 fully saturated rings. The quantitative estimate of drug-likeness (QED) is 0.815. The van der Waals surface area contributed by atoms with Gasteiger partial charge in [-0.25, -0.2) is 0 Å². The highest BCUT2D eigenvalue weighted by molar-refractivity contribution is 9.10. The van der Waals surface area contributed by atoms with Crippen LogP contribution in [0.2, 0.25) is 5.02 Å². The molecule has 0 bridgehead atoms. The van der Waals surface area contributed by atoms with Gasteiger partial charge in [-0.3, -0.25) is 4.90 Å². The fourth-order valence-electron chi connectivity index (χ4n) is 2.24. The molecule has 1 aromatic carbocycles. The van der Waals surface area contributed by atoms with Gasteiger partial charge in [-0.2, -0.15) is 13.2 Å². The van der Waals surface area contributed by atoms with Gasteiger partial charge in [-0.15, -0.1) is 12.4 Å². The Labute approximate surface area is 135 Å². The summed E-state index contributed by atoms with van der Waals surface area (Å²) in [6.45, 7) is 1.85. The molecule has 0 aromatic heterocycles. The fraction of sp³-hybridized carbons (Fsp3) is 0.500. The van der Waals surface area contributed by atoms with Crippen molar-refractivity contribution in [1.29, 1.82) is 0 Å². The van der Waals surface area contributed by atoms with E-state index in [1.807, 2.05) is 0 Å². The van der Waals surface area contributed by atoms with Crippen molar-refractivity contribution < 1.29 is 13.2 Å². The molecule has 0 unspecified atom stereocenters. The van der Waals surface area contributed by atoms with Crippen LogP contribution >= 0.6 is 39.9 Å². The maximum absolute atomic E-state index is 13.4. The minimum atomic E-state index is -4.33. The fourth-order valence-corrected chi connectivity index (χ4v) is 2.89. The second-order valence-corrected chi connectivity index (χ2v) is 5.69. The van der Waals surface area contributed by atoms with Crippen molar-refractivity contribution in [2.45, 2.75) is 12.2 Å². The van der Waals surface area contributed by atoms with E-state index >= 15 is 0 Å². The number of hydrogen-bond donors (Lipinski definition) is 1. The highest BCUT2D eigenvalue weighted by Gasteiger charge is 2.45. The molecule has 1 heterocycles. The van der Waals surface area contributed by atoms with Crippen LogP contribution < -0.4 is 5.32 Å². The van der Waals surface area contributed by atoms with Crippen LogP contribution in [-0.4, -0.2) is 37.3 Å². The van der Waals surface area contributed by atoms with Crippen molar-refractivity contribution in [3.63, 3.8) is 0 Å². The van der Waals surface area contributed by atoms with Gasteiger partial charge in [-0.05, 0) is 23.8 Å². The number of hydrogen-bond acceptors (Lipinski definition) is 2. The number of piperazine rings is 1. The van der Waals surface area contributed by atoms with Crippen molar-refractivity contribution in [2.24, 2.45) is 0 Å². The maximum atomic E-state index is 13.4. The van der Waals surface area contributed by atoms with Crippen molar-refractivity contribution in [1.82, 2.24) is 10.2 Å². The van der Waals surface area contributed by atoms with Crippen LogP contribution in [0.5, 0.6) is 0 Å². The summed E-state index contributed by atoms with van der Waals surface area (Å²) in [4.78, 5) is 1.44. The molecule has 1 atom stereocenters. The first-order chi connectivity index (χ1) is 8.89. The lowest BCUT2D eigenvalue weighted by Gasteiger charge is -2.36.